The summed E-state index contributed by atoms with van der Waals surface area (Å²) in [5.41, 5.74) is 0.654. The van der Waals surface area contributed by atoms with Crippen molar-refractivity contribution in [1.29, 1.82) is 0 Å². The van der Waals surface area contributed by atoms with Gasteiger partial charge in [0.05, 0.1) is 18.7 Å². The van der Waals surface area contributed by atoms with Gasteiger partial charge in [-0.05, 0) is 35.4 Å². The molecule has 0 aromatic carbocycles. The first kappa shape index (κ1) is 15.9. The van der Waals surface area contributed by atoms with Gasteiger partial charge in [-0.3, -0.25) is 4.79 Å². The molecule has 2 aliphatic heterocycles. The van der Waals surface area contributed by atoms with Crippen molar-refractivity contribution in [3.63, 3.8) is 0 Å². The maximum absolute atomic E-state index is 12.9. The molecular formula is C16H21N7O2. The minimum Gasteiger partial charge on any atom is -0.366 e. The molecule has 1 unspecified atom stereocenters. The average molecular weight is 343 g/mol. The normalized spacial score (nSPS) is 20.9. The van der Waals surface area contributed by atoms with E-state index in [-0.39, 0.29) is 12.0 Å². The summed E-state index contributed by atoms with van der Waals surface area (Å²) >= 11 is 0. The second-order valence-corrected chi connectivity index (χ2v) is 6.34. The Morgan fingerprint density at radius 2 is 2.12 bits per heavy atom. The van der Waals surface area contributed by atoms with E-state index in [4.69, 9.17) is 4.74 Å². The van der Waals surface area contributed by atoms with Gasteiger partial charge in [-0.15, -0.1) is 5.10 Å². The van der Waals surface area contributed by atoms with Crippen molar-refractivity contribution in [3.05, 3.63) is 29.7 Å². The average Bonchev–Trinajstić information content (AvgIpc) is 3.33. The van der Waals surface area contributed by atoms with Crippen LogP contribution >= 0.6 is 0 Å². The number of hydrogen-bond acceptors (Lipinski definition) is 7. The monoisotopic (exact) mass is 343 g/mol. The molecule has 1 atom stereocenters. The number of pyridine rings is 1. The van der Waals surface area contributed by atoms with Gasteiger partial charge in [0.2, 0.25) is 0 Å². The molecule has 2 fully saturated rings. The van der Waals surface area contributed by atoms with Gasteiger partial charge in [0.1, 0.15) is 11.9 Å². The van der Waals surface area contributed by atoms with Crippen molar-refractivity contribution < 1.29 is 9.53 Å². The molecule has 0 aliphatic carbocycles. The van der Waals surface area contributed by atoms with Crippen LogP contribution in [0.3, 0.4) is 0 Å². The highest BCUT2D eigenvalue weighted by atomic mass is 16.5. The first-order valence-electron chi connectivity index (χ1n) is 8.57. The summed E-state index contributed by atoms with van der Waals surface area (Å²) in [5, 5.41) is 11.6. The molecule has 2 aromatic heterocycles. The highest BCUT2D eigenvalue weighted by Crippen LogP contribution is 2.27. The molecule has 0 bridgehead atoms. The Hall–Kier alpha value is -2.55. The highest BCUT2D eigenvalue weighted by molar-refractivity contribution is 5.99. The van der Waals surface area contributed by atoms with Crippen LogP contribution < -0.4 is 4.90 Å². The maximum Gasteiger partial charge on any atom is 0.257 e. The molecule has 2 aliphatic rings. The van der Waals surface area contributed by atoms with E-state index in [9.17, 15) is 4.79 Å². The second-order valence-electron chi connectivity index (χ2n) is 6.34. The van der Waals surface area contributed by atoms with Crippen LogP contribution in [0.5, 0.6) is 0 Å². The lowest BCUT2D eigenvalue weighted by Crippen LogP contribution is -2.41. The van der Waals surface area contributed by atoms with Crippen molar-refractivity contribution in [1.82, 2.24) is 30.1 Å². The van der Waals surface area contributed by atoms with Crippen LogP contribution in [0.4, 0.5) is 5.82 Å². The number of ether oxygens (including phenoxy) is 1. The molecule has 2 aromatic rings. The number of hydrogen-bond donors (Lipinski definition) is 0. The minimum absolute atomic E-state index is 0.0592. The van der Waals surface area contributed by atoms with E-state index in [0.29, 0.717) is 36.9 Å². The number of morpholine rings is 1. The van der Waals surface area contributed by atoms with E-state index in [0.717, 1.165) is 25.9 Å². The van der Waals surface area contributed by atoms with Crippen molar-refractivity contribution in [3.8, 4) is 0 Å². The SMILES string of the molecule is Cn1nnnc1C1CN(c2ncccc2C(=O)N2CCCC2)CCO1. The predicted molar refractivity (Wildman–Crippen MR) is 89.1 cm³/mol. The molecule has 0 saturated carbocycles. The summed E-state index contributed by atoms with van der Waals surface area (Å²) in [7, 11) is 1.79. The topological polar surface area (TPSA) is 89.3 Å². The Bertz CT molecular complexity index is 756. The number of nitrogens with zero attached hydrogens (tertiary/aromatic N) is 7. The third-order valence-corrected chi connectivity index (χ3v) is 4.72. The Balaban J connectivity index is 1.59. The van der Waals surface area contributed by atoms with Crippen LogP contribution in [0.2, 0.25) is 0 Å². The van der Waals surface area contributed by atoms with Crippen molar-refractivity contribution in [2.24, 2.45) is 7.05 Å². The van der Waals surface area contributed by atoms with Gasteiger partial charge in [-0.1, -0.05) is 0 Å². The summed E-state index contributed by atoms with van der Waals surface area (Å²) < 4.78 is 7.44. The van der Waals surface area contributed by atoms with Gasteiger partial charge >= 0.3 is 0 Å². The lowest BCUT2D eigenvalue weighted by molar-refractivity contribution is 0.0312. The fourth-order valence-corrected chi connectivity index (χ4v) is 3.41. The fourth-order valence-electron chi connectivity index (χ4n) is 3.41. The number of rotatable bonds is 3. The lowest BCUT2D eigenvalue weighted by atomic mass is 10.2. The fraction of sp³-hybridized carbons (Fsp3) is 0.562. The van der Waals surface area contributed by atoms with E-state index in [1.807, 2.05) is 17.0 Å². The molecular weight excluding hydrogens is 322 g/mol. The molecule has 2 saturated heterocycles. The quantitative estimate of drug-likeness (QED) is 0.798. The summed E-state index contributed by atoms with van der Waals surface area (Å²) in [5.74, 6) is 1.44. The maximum atomic E-state index is 12.9. The molecule has 0 radical (unpaired) electrons. The molecule has 0 N–H and O–H groups in total. The smallest absolute Gasteiger partial charge is 0.257 e. The molecule has 25 heavy (non-hydrogen) atoms. The zero-order valence-electron chi connectivity index (χ0n) is 14.2. The summed E-state index contributed by atoms with van der Waals surface area (Å²) in [6, 6.07) is 3.68. The Morgan fingerprint density at radius 1 is 1.28 bits per heavy atom. The van der Waals surface area contributed by atoms with E-state index in [1.165, 1.54) is 0 Å². The van der Waals surface area contributed by atoms with Crippen LogP contribution in [0.1, 0.15) is 35.1 Å². The number of likely N-dealkylation sites (tertiary alicyclic amines) is 1. The lowest BCUT2D eigenvalue weighted by Gasteiger charge is -2.34. The number of tetrazole rings is 1. The third kappa shape index (κ3) is 3.07. The zero-order valence-corrected chi connectivity index (χ0v) is 14.2. The van der Waals surface area contributed by atoms with Crippen LogP contribution in [0, 0.1) is 0 Å². The molecule has 4 rings (SSSR count). The van der Waals surface area contributed by atoms with Gasteiger partial charge in [-0.2, -0.15) is 0 Å². The van der Waals surface area contributed by atoms with E-state index < -0.39 is 0 Å². The Morgan fingerprint density at radius 3 is 2.88 bits per heavy atom. The molecule has 9 heteroatoms. The van der Waals surface area contributed by atoms with Crippen molar-refractivity contribution in [2.75, 3.05) is 37.7 Å². The zero-order chi connectivity index (χ0) is 17.2. The number of amides is 1. The molecule has 132 valence electrons. The first-order chi connectivity index (χ1) is 12.2. The number of aryl methyl sites for hydroxylation is 1. The molecule has 9 nitrogen and oxygen atoms in total. The van der Waals surface area contributed by atoms with Crippen LogP contribution in [-0.4, -0.2) is 68.8 Å². The van der Waals surface area contributed by atoms with Crippen LogP contribution in [0.15, 0.2) is 18.3 Å². The van der Waals surface area contributed by atoms with Crippen molar-refractivity contribution >= 4 is 11.7 Å². The number of aromatic nitrogens is 5. The van der Waals surface area contributed by atoms with Crippen LogP contribution in [0.25, 0.3) is 0 Å². The summed E-state index contributed by atoms with van der Waals surface area (Å²) in [6.45, 7) is 3.42. The van der Waals surface area contributed by atoms with Gasteiger partial charge in [0, 0.05) is 32.9 Å². The van der Waals surface area contributed by atoms with Gasteiger partial charge in [-0.25, -0.2) is 9.67 Å². The van der Waals surface area contributed by atoms with Crippen molar-refractivity contribution in [2.45, 2.75) is 18.9 Å². The molecule has 1 amide bonds. The standard InChI is InChI=1S/C16H21N7O2/c1-21-15(18-19-20-21)13-11-23(9-10-25-13)14-12(5-4-6-17-14)16(24)22-7-2-3-8-22/h4-6,13H,2-3,7-11H2,1H3. The minimum atomic E-state index is -0.245. The van der Waals surface area contributed by atoms with E-state index >= 15 is 0 Å². The van der Waals surface area contributed by atoms with Crippen LogP contribution in [-0.2, 0) is 11.8 Å². The number of carbonyl (C=O) groups excluding carboxylic acids is 1. The largest absolute Gasteiger partial charge is 0.366 e. The molecule has 4 heterocycles. The Labute approximate surface area is 145 Å². The predicted octanol–water partition coefficient (Wildman–Crippen LogP) is 0.419. The van der Waals surface area contributed by atoms with Gasteiger partial charge in [0.15, 0.2) is 5.82 Å². The molecule has 0 spiro atoms. The second kappa shape index (κ2) is 6.75. The number of anilines is 1. The first-order valence-corrected chi connectivity index (χ1v) is 8.57. The van der Waals surface area contributed by atoms with E-state index in [1.54, 1.807) is 17.9 Å². The summed E-state index contributed by atoms with van der Waals surface area (Å²) in [6.07, 6.45) is 3.62. The highest BCUT2D eigenvalue weighted by Gasteiger charge is 2.30. The Kier molecular flexibility index (Phi) is 4.31. The number of carbonyl (C=O) groups is 1. The van der Waals surface area contributed by atoms with E-state index in [2.05, 4.69) is 25.4 Å². The third-order valence-electron chi connectivity index (χ3n) is 4.72. The summed E-state index contributed by atoms with van der Waals surface area (Å²) in [4.78, 5) is 21.4. The van der Waals surface area contributed by atoms with Gasteiger partial charge < -0.3 is 14.5 Å². The van der Waals surface area contributed by atoms with Gasteiger partial charge in [0.25, 0.3) is 5.91 Å².